The lowest BCUT2D eigenvalue weighted by Gasteiger charge is -2.16. The molecule has 0 aliphatic carbocycles. The SMILES string of the molecule is Cc1ccc(-c2csc(NC(=O)C(Sc3ccc(NC(=O)c4ccc(Cl)cc4Cl)cc3)c3ccccc3)n2)cc1. The predicted octanol–water partition coefficient (Wildman–Crippen LogP) is 9.15. The molecule has 0 saturated heterocycles. The highest BCUT2D eigenvalue weighted by molar-refractivity contribution is 8.00. The summed E-state index contributed by atoms with van der Waals surface area (Å²) < 4.78 is 0. The predicted molar refractivity (Wildman–Crippen MR) is 167 cm³/mol. The Balaban J connectivity index is 1.29. The van der Waals surface area contributed by atoms with E-state index >= 15 is 0 Å². The van der Waals surface area contributed by atoms with Crippen LogP contribution in [-0.2, 0) is 4.79 Å². The molecule has 1 atom stereocenters. The summed E-state index contributed by atoms with van der Waals surface area (Å²) in [6, 6.07) is 29.8. The molecule has 0 radical (unpaired) electrons. The Kier molecular flexibility index (Phi) is 8.87. The van der Waals surface area contributed by atoms with Crippen LogP contribution in [0, 0.1) is 6.92 Å². The molecule has 1 aromatic heterocycles. The number of carbonyl (C=O) groups is 2. The van der Waals surface area contributed by atoms with Crippen LogP contribution < -0.4 is 10.6 Å². The van der Waals surface area contributed by atoms with E-state index in [1.54, 1.807) is 24.3 Å². The smallest absolute Gasteiger partial charge is 0.257 e. The second-order valence-corrected chi connectivity index (χ2v) is 11.8. The van der Waals surface area contributed by atoms with Gasteiger partial charge in [0, 0.05) is 26.5 Å². The number of thioether (sulfide) groups is 1. The number of hydrogen-bond acceptors (Lipinski definition) is 5. The molecule has 2 N–H and O–H groups in total. The first-order valence-corrected chi connectivity index (χ1v) is 14.8. The largest absolute Gasteiger partial charge is 0.322 e. The van der Waals surface area contributed by atoms with Gasteiger partial charge in [-0.3, -0.25) is 9.59 Å². The maximum Gasteiger partial charge on any atom is 0.257 e. The van der Waals surface area contributed by atoms with E-state index < -0.39 is 5.25 Å². The molecule has 0 spiro atoms. The van der Waals surface area contributed by atoms with Gasteiger partial charge >= 0.3 is 0 Å². The van der Waals surface area contributed by atoms with Crippen molar-refractivity contribution in [2.45, 2.75) is 17.1 Å². The molecule has 40 heavy (non-hydrogen) atoms. The molecule has 2 amide bonds. The second-order valence-electron chi connectivity index (χ2n) is 8.90. The Bertz CT molecular complexity index is 1640. The molecule has 0 fully saturated rings. The van der Waals surface area contributed by atoms with Gasteiger partial charge < -0.3 is 10.6 Å². The van der Waals surface area contributed by atoms with E-state index in [1.165, 1.54) is 34.7 Å². The van der Waals surface area contributed by atoms with Crippen molar-refractivity contribution in [3.63, 3.8) is 0 Å². The highest BCUT2D eigenvalue weighted by atomic mass is 35.5. The standard InChI is InChI=1S/C31H23Cl2N3O2S2/c1-19-7-9-20(10-8-19)27-18-39-31(35-27)36-30(38)28(21-5-3-2-4-6-21)40-24-14-12-23(13-15-24)34-29(37)25-16-11-22(32)17-26(25)33/h2-18,28H,1H3,(H,34,37)(H,35,36,38). The van der Waals surface area contributed by atoms with Crippen molar-refractivity contribution >= 4 is 68.9 Å². The zero-order valence-corrected chi connectivity index (χ0v) is 24.4. The molecule has 9 heteroatoms. The number of benzene rings is 4. The van der Waals surface area contributed by atoms with Gasteiger partial charge in [0.05, 0.1) is 16.3 Å². The van der Waals surface area contributed by atoms with Crippen LogP contribution in [0.25, 0.3) is 11.3 Å². The van der Waals surface area contributed by atoms with Crippen LogP contribution in [0.3, 0.4) is 0 Å². The van der Waals surface area contributed by atoms with E-state index in [4.69, 9.17) is 23.2 Å². The Morgan fingerprint density at radius 2 is 1.60 bits per heavy atom. The van der Waals surface area contributed by atoms with Gasteiger partial charge in [0.25, 0.3) is 5.91 Å². The quantitative estimate of drug-likeness (QED) is 0.173. The fourth-order valence-corrected chi connectivity index (χ4v) is 6.13. The van der Waals surface area contributed by atoms with Gasteiger partial charge in [-0.25, -0.2) is 4.98 Å². The molecule has 0 aliphatic heterocycles. The van der Waals surface area contributed by atoms with Crippen LogP contribution in [-0.4, -0.2) is 16.8 Å². The Morgan fingerprint density at radius 3 is 2.30 bits per heavy atom. The summed E-state index contributed by atoms with van der Waals surface area (Å²) in [4.78, 5) is 31.6. The summed E-state index contributed by atoms with van der Waals surface area (Å²) >= 11 is 14.9. The molecule has 5 rings (SSSR count). The van der Waals surface area contributed by atoms with E-state index in [0.29, 0.717) is 21.4 Å². The number of aromatic nitrogens is 1. The highest BCUT2D eigenvalue weighted by Crippen LogP contribution is 2.37. The number of rotatable bonds is 8. The van der Waals surface area contributed by atoms with Gasteiger partial charge in [0.15, 0.2) is 5.13 Å². The lowest BCUT2D eigenvalue weighted by molar-refractivity contribution is -0.115. The molecule has 1 unspecified atom stereocenters. The minimum absolute atomic E-state index is 0.171. The summed E-state index contributed by atoms with van der Waals surface area (Å²) in [5.41, 5.74) is 4.81. The van der Waals surface area contributed by atoms with Crippen LogP contribution in [0.5, 0.6) is 0 Å². The number of nitrogens with zero attached hydrogens (tertiary/aromatic N) is 1. The first-order chi connectivity index (χ1) is 19.4. The number of hydrogen-bond donors (Lipinski definition) is 2. The van der Waals surface area contributed by atoms with E-state index in [-0.39, 0.29) is 16.8 Å². The molecule has 1 heterocycles. The number of anilines is 2. The van der Waals surface area contributed by atoms with Crippen molar-refractivity contribution in [3.8, 4) is 11.3 Å². The zero-order valence-electron chi connectivity index (χ0n) is 21.2. The lowest BCUT2D eigenvalue weighted by atomic mass is 10.1. The average Bonchev–Trinajstić information content (AvgIpc) is 3.41. The van der Waals surface area contributed by atoms with Gasteiger partial charge in [0.2, 0.25) is 5.91 Å². The molecule has 5 aromatic rings. The van der Waals surface area contributed by atoms with E-state index in [2.05, 4.69) is 15.6 Å². The maximum atomic E-state index is 13.5. The van der Waals surface area contributed by atoms with Crippen molar-refractivity contribution < 1.29 is 9.59 Å². The van der Waals surface area contributed by atoms with Gasteiger partial charge in [0.1, 0.15) is 5.25 Å². The van der Waals surface area contributed by atoms with Crippen molar-refractivity contribution in [2.24, 2.45) is 0 Å². The summed E-state index contributed by atoms with van der Waals surface area (Å²) in [7, 11) is 0. The Labute approximate surface area is 250 Å². The van der Waals surface area contributed by atoms with Crippen molar-refractivity contribution in [1.82, 2.24) is 4.98 Å². The molecule has 0 saturated carbocycles. The Hall–Kier alpha value is -3.62. The molecule has 5 nitrogen and oxygen atoms in total. The second kappa shape index (κ2) is 12.7. The number of amides is 2. The zero-order chi connectivity index (χ0) is 28.1. The van der Waals surface area contributed by atoms with Gasteiger partial charge in [-0.2, -0.15) is 0 Å². The molecular weight excluding hydrogens is 581 g/mol. The average molecular weight is 605 g/mol. The molecule has 0 bridgehead atoms. The summed E-state index contributed by atoms with van der Waals surface area (Å²) in [5, 5.41) is 8.55. The number of carbonyl (C=O) groups excluding carboxylic acids is 2. The first-order valence-electron chi connectivity index (χ1n) is 12.3. The monoisotopic (exact) mass is 603 g/mol. The Morgan fingerprint density at radius 1 is 0.875 bits per heavy atom. The third kappa shape index (κ3) is 6.92. The van der Waals surface area contributed by atoms with Gasteiger partial charge in [-0.1, -0.05) is 83.4 Å². The van der Waals surface area contributed by atoms with Crippen molar-refractivity contribution in [3.05, 3.63) is 129 Å². The van der Waals surface area contributed by atoms with Gasteiger partial charge in [-0.05, 0) is 55.0 Å². The van der Waals surface area contributed by atoms with E-state index in [0.717, 1.165) is 21.7 Å². The van der Waals surface area contributed by atoms with Crippen LogP contribution in [0.4, 0.5) is 10.8 Å². The number of thiazole rings is 1. The third-order valence-electron chi connectivity index (χ3n) is 5.96. The maximum absolute atomic E-state index is 13.5. The summed E-state index contributed by atoms with van der Waals surface area (Å²) in [6.07, 6.45) is 0. The van der Waals surface area contributed by atoms with Crippen LogP contribution >= 0.6 is 46.3 Å². The van der Waals surface area contributed by atoms with Crippen LogP contribution in [0.15, 0.2) is 107 Å². The lowest BCUT2D eigenvalue weighted by Crippen LogP contribution is -2.19. The molecule has 4 aromatic carbocycles. The van der Waals surface area contributed by atoms with Crippen LogP contribution in [0.1, 0.15) is 26.7 Å². The minimum atomic E-state index is -0.513. The topological polar surface area (TPSA) is 71.1 Å². The van der Waals surface area contributed by atoms with Crippen LogP contribution in [0.2, 0.25) is 10.0 Å². The minimum Gasteiger partial charge on any atom is -0.322 e. The normalized spacial score (nSPS) is 11.6. The number of aryl methyl sites for hydroxylation is 1. The number of nitrogens with one attached hydrogen (secondary N) is 2. The highest BCUT2D eigenvalue weighted by Gasteiger charge is 2.23. The van der Waals surface area contributed by atoms with Crippen molar-refractivity contribution in [2.75, 3.05) is 10.6 Å². The van der Waals surface area contributed by atoms with Gasteiger partial charge in [-0.15, -0.1) is 23.1 Å². The first kappa shape index (κ1) is 27.9. The molecular formula is C31H23Cl2N3O2S2. The van der Waals surface area contributed by atoms with E-state index in [9.17, 15) is 9.59 Å². The van der Waals surface area contributed by atoms with Crippen molar-refractivity contribution in [1.29, 1.82) is 0 Å². The fourth-order valence-electron chi connectivity index (χ4n) is 3.88. The fraction of sp³-hybridized carbons (Fsp3) is 0.0645. The number of halogens is 2. The van der Waals surface area contributed by atoms with E-state index in [1.807, 2.05) is 79.0 Å². The molecule has 0 aliphatic rings. The third-order valence-corrected chi connectivity index (χ3v) is 8.54. The summed E-state index contributed by atoms with van der Waals surface area (Å²) in [6.45, 7) is 2.04. The molecule has 200 valence electrons. The summed E-state index contributed by atoms with van der Waals surface area (Å²) in [5.74, 6) is -0.507.